The van der Waals surface area contributed by atoms with Crippen LogP contribution in [0.1, 0.15) is 0 Å². The van der Waals surface area contributed by atoms with Crippen LogP contribution in [0, 0.1) is 0 Å². The van der Waals surface area contributed by atoms with Crippen LogP contribution in [-0.4, -0.2) is 52.5 Å². The van der Waals surface area contributed by atoms with Crippen molar-refractivity contribution < 1.29 is 17.5 Å². The molecule has 0 aromatic carbocycles. The Bertz CT molecular complexity index is 239. The molecule has 12 heavy (non-hydrogen) atoms. The molecular formula is C6H17O4PS. The summed E-state index contributed by atoms with van der Waals surface area (Å²) in [5.41, 5.74) is 0. The number of aliphatic hydroxyl groups excluding tert-OH is 1. The van der Waals surface area contributed by atoms with E-state index in [4.69, 9.17) is 9.08 Å². The van der Waals surface area contributed by atoms with Gasteiger partial charge >= 0.3 is 73.5 Å². The average Bonchev–Trinajstić information content (AvgIpc) is 1.52. The molecule has 0 aromatic heterocycles. The first-order valence-corrected chi connectivity index (χ1v) is 9.10. The van der Waals surface area contributed by atoms with Gasteiger partial charge in [-0.1, -0.05) is 0 Å². The molecule has 0 aliphatic heterocycles. The van der Waals surface area contributed by atoms with Crippen molar-refractivity contribution in [2.45, 2.75) is 0 Å². The molecule has 0 atom stereocenters. The van der Waals surface area contributed by atoms with E-state index in [9.17, 15) is 8.42 Å². The summed E-state index contributed by atoms with van der Waals surface area (Å²) in [7, 11) is -3.54. The Balaban J connectivity index is 4.48. The summed E-state index contributed by atoms with van der Waals surface area (Å²) < 4.78 is 27.2. The zero-order chi connectivity index (χ0) is 10.1. The van der Waals surface area contributed by atoms with Gasteiger partial charge in [0.1, 0.15) is 0 Å². The van der Waals surface area contributed by atoms with Gasteiger partial charge in [-0.15, -0.1) is 0 Å². The molecule has 1 N–H and O–H groups in total. The van der Waals surface area contributed by atoms with Gasteiger partial charge < -0.3 is 0 Å². The SMILES string of the molecule is CP(C)(C)(C)OS(=O)(=O)CCO. The maximum atomic E-state index is 11.1. The van der Waals surface area contributed by atoms with E-state index >= 15 is 0 Å². The van der Waals surface area contributed by atoms with E-state index in [1.807, 2.05) is 0 Å². The molecule has 0 amide bonds. The third-order valence-electron chi connectivity index (χ3n) is 0.753. The predicted octanol–water partition coefficient (Wildman–Crippen LogP) is 0.313. The molecule has 0 radical (unpaired) electrons. The van der Waals surface area contributed by atoms with E-state index in [1.165, 1.54) is 0 Å². The van der Waals surface area contributed by atoms with Gasteiger partial charge in [-0.3, -0.25) is 0 Å². The minimum atomic E-state index is -3.54. The molecule has 0 fully saturated rings. The molecule has 0 aromatic rings. The Morgan fingerprint density at radius 2 is 1.67 bits per heavy atom. The zero-order valence-electron chi connectivity index (χ0n) is 7.94. The number of hydrogen-bond acceptors (Lipinski definition) is 4. The van der Waals surface area contributed by atoms with Crippen molar-refractivity contribution >= 4 is 16.9 Å². The van der Waals surface area contributed by atoms with Crippen LogP contribution in [0.25, 0.3) is 0 Å². The first-order chi connectivity index (χ1) is 5.02. The summed E-state index contributed by atoms with van der Waals surface area (Å²) in [6.07, 6.45) is 0. The fraction of sp³-hybridized carbons (Fsp3) is 1.00. The van der Waals surface area contributed by atoms with Crippen molar-refractivity contribution in [1.82, 2.24) is 0 Å². The number of rotatable bonds is 4. The van der Waals surface area contributed by atoms with Crippen molar-refractivity contribution in [3.8, 4) is 0 Å². The van der Waals surface area contributed by atoms with Crippen LogP contribution < -0.4 is 0 Å². The second-order valence-corrected chi connectivity index (χ2v) is 13.4. The number of hydrogen-bond donors (Lipinski definition) is 1. The van der Waals surface area contributed by atoms with E-state index in [-0.39, 0.29) is 5.75 Å². The summed E-state index contributed by atoms with van der Waals surface area (Å²) in [5, 5.41) is 8.44. The molecule has 4 nitrogen and oxygen atoms in total. The van der Waals surface area contributed by atoms with Crippen molar-refractivity contribution in [1.29, 1.82) is 0 Å². The van der Waals surface area contributed by atoms with Crippen molar-refractivity contribution in [2.75, 3.05) is 39.0 Å². The van der Waals surface area contributed by atoms with Gasteiger partial charge in [0.05, 0.1) is 0 Å². The first-order valence-electron chi connectivity index (χ1n) is 3.58. The molecule has 0 aliphatic carbocycles. The van der Waals surface area contributed by atoms with Crippen LogP contribution in [0.15, 0.2) is 0 Å². The van der Waals surface area contributed by atoms with Gasteiger partial charge in [0.2, 0.25) is 0 Å². The average molecular weight is 216 g/mol. The van der Waals surface area contributed by atoms with Crippen LogP contribution in [0.4, 0.5) is 0 Å². The Kier molecular flexibility index (Phi) is 3.30. The van der Waals surface area contributed by atoms with Gasteiger partial charge in [0.15, 0.2) is 0 Å². The molecule has 0 spiro atoms. The minimum absolute atomic E-state index is 0.325. The molecule has 0 saturated heterocycles. The van der Waals surface area contributed by atoms with Crippen LogP contribution in [0.5, 0.6) is 0 Å². The van der Waals surface area contributed by atoms with Crippen molar-refractivity contribution in [2.24, 2.45) is 0 Å². The fourth-order valence-corrected chi connectivity index (χ4v) is 4.76. The molecule has 0 saturated carbocycles. The first kappa shape index (κ1) is 12.3. The van der Waals surface area contributed by atoms with Crippen molar-refractivity contribution in [3.05, 3.63) is 0 Å². The van der Waals surface area contributed by atoms with E-state index in [1.54, 1.807) is 26.7 Å². The summed E-state index contributed by atoms with van der Waals surface area (Å²) in [6.45, 7) is 4.29. The zero-order valence-corrected chi connectivity index (χ0v) is 9.65. The molecule has 0 bridgehead atoms. The second kappa shape index (κ2) is 3.22. The molecule has 0 unspecified atom stereocenters. The maximum absolute atomic E-state index is 11.1. The van der Waals surface area contributed by atoms with Gasteiger partial charge in [-0.2, -0.15) is 0 Å². The molecular weight excluding hydrogens is 199 g/mol. The summed E-state index contributed by atoms with van der Waals surface area (Å²) in [6, 6.07) is 0. The van der Waals surface area contributed by atoms with Crippen LogP contribution in [0.3, 0.4) is 0 Å². The van der Waals surface area contributed by atoms with E-state index in [0.717, 1.165) is 0 Å². The van der Waals surface area contributed by atoms with E-state index in [2.05, 4.69) is 0 Å². The third kappa shape index (κ3) is 6.98. The monoisotopic (exact) mass is 216 g/mol. The predicted molar refractivity (Wildman–Crippen MR) is 52.6 cm³/mol. The molecule has 76 valence electrons. The Hall–Kier alpha value is 0.300. The summed E-state index contributed by atoms with van der Waals surface area (Å²) >= 11 is 0. The molecule has 0 heterocycles. The topological polar surface area (TPSA) is 63.6 Å². The van der Waals surface area contributed by atoms with Crippen LogP contribution in [0.2, 0.25) is 0 Å². The third-order valence-corrected chi connectivity index (χ3v) is 4.73. The standard InChI is InChI=1S/C6H17O4PS/c1-11(2,3,4)10-12(8,9)6-5-7/h7H,5-6H2,1-4H3. The van der Waals surface area contributed by atoms with Gasteiger partial charge in [0, 0.05) is 0 Å². The van der Waals surface area contributed by atoms with Gasteiger partial charge in [-0.25, -0.2) is 0 Å². The summed E-state index contributed by atoms with van der Waals surface area (Å²) in [4.78, 5) is 0. The Morgan fingerprint density at radius 3 is 1.92 bits per heavy atom. The van der Waals surface area contributed by atoms with Crippen LogP contribution in [-0.2, 0) is 14.1 Å². The van der Waals surface area contributed by atoms with Crippen molar-refractivity contribution in [3.63, 3.8) is 0 Å². The molecule has 0 aliphatic rings. The Labute approximate surface area is 74.1 Å². The molecule has 0 rings (SSSR count). The fourth-order valence-electron chi connectivity index (χ4n) is 0.603. The van der Waals surface area contributed by atoms with Gasteiger partial charge in [-0.05, 0) is 0 Å². The van der Waals surface area contributed by atoms with E-state index in [0.29, 0.717) is 0 Å². The Morgan fingerprint density at radius 1 is 1.25 bits per heavy atom. The summed E-state index contributed by atoms with van der Waals surface area (Å²) in [5.74, 6) is -0.325. The van der Waals surface area contributed by atoms with Crippen LogP contribution >= 0.6 is 6.83 Å². The van der Waals surface area contributed by atoms with E-state index < -0.39 is 23.6 Å². The second-order valence-electron chi connectivity index (χ2n) is 4.47. The normalized spacial score (nSPS) is 16.9. The quantitative estimate of drug-likeness (QED) is 0.687. The number of aliphatic hydroxyl groups is 1. The van der Waals surface area contributed by atoms with Gasteiger partial charge in [0.25, 0.3) is 0 Å². The molecule has 6 heteroatoms.